The maximum absolute atomic E-state index is 4.90. The number of amidine groups is 1. The molecule has 1 fully saturated rings. The van der Waals surface area contributed by atoms with Crippen molar-refractivity contribution in [2.24, 2.45) is 22.2 Å². The first kappa shape index (κ1) is 15.3. The Morgan fingerprint density at radius 1 is 1.30 bits per heavy atom. The first-order valence-electron chi connectivity index (χ1n) is 8.01. The monoisotopic (exact) mass is 274 g/mol. The van der Waals surface area contributed by atoms with Crippen LogP contribution in [0.1, 0.15) is 61.3 Å². The van der Waals surface area contributed by atoms with Gasteiger partial charge in [0.15, 0.2) is 0 Å². The Balaban J connectivity index is 2.54. The lowest BCUT2D eigenvalue weighted by Crippen LogP contribution is -2.57. The number of allylic oxidation sites excluding steroid dienone is 2. The predicted molar refractivity (Wildman–Crippen MR) is 87.8 cm³/mol. The molecule has 2 aliphatic rings. The van der Waals surface area contributed by atoms with Gasteiger partial charge >= 0.3 is 0 Å². The minimum Gasteiger partial charge on any atom is -0.363 e. The van der Waals surface area contributed by atoms with E-state index in [0.29, 0.717) is 0 Å². The summed E-state index contributed by atoms with van der Waals surface area (Å²) in [5.41, 5.74) is 2.70. The van der Waals surface area contributed by atoms with Gasteiger partial charge in [-0.25, -0.2) is 4.99 Å². The summed E-state index contributed by atoms with van der Waals surface area (Å²) in [6.45, 7) is 15.6. The van der Waals surface area contributed by atoms with Crippen LogP contribution in [0.4, 0.5) is 0 Å². The fraction of sp³-hybridized carbons (Fsp3) is 0.722. The second-order valence-electron chi connectivity index (χ2n) is 7.36. The van der Waals surface area contributed by atoms with E-state index in [4.69, 9.17) is 4.99 Å². The average molecular weight is 274 g/mol. The average Bonchev–Trinajstić information content (AvgIpc) is 3.13. The smallest absolute Gasteiger partial charge is 0.108 e. The Hall–Kier alpha value is -1.05. The number of nitrogens with zero attached hydrogens (tertiary/aromatic N) is 1. The molecule has 0 radical (unpaired) electrons. The molecule has 0 aromatic rings. The van der Waals surface area contributed by atoms with Gasteiger partial charge < -0.3 is 5.32 Å². The van der Waals surface area contributed by atoms with E-state index >= 15 is 0 Å². The molecule has 112 valence electrons. The highest BCUT2D eigenvalue weighted by molar-refractivity contribution is 5.91. The topological polar surface area (TPSA) is 24.4 Å². The molecule has 2 rings (SSSR count). The van der Waals surface area contributed by atoms with E-state index in [1.807, 2.05) is 0 Å². The molecule has 20 heavy (non-hydrogen) atoms. The molecule has 3 unspecified atom stereocenters. The summed E-state index contributed by atoms with van der Waals surface area (Å²) in [5, 5.41) is 3.86. The predicted octanol–water partition coefficient (Wildman–Crippen LogP) is 4.69. The third kappa shape index (κ3) is 2.34. The van der Waals surface area contributed by atoms with Gasteiger partial charge in [0.2, 0.25) is 0 Å². The van der Waals surface area contributed by atoms with E-state index in [-0.39, 0.29) is 11.0 Å². The summed E-state index contributed by atoms with van der Waals surface area (Å²) < 4.78 is 0. The van der Waals surface area contributed by atoms with Gasteiger partial charge in [-0.05, 0) is 44.1 Å². The van der Waals surface area contributed by atoms with Crippen molar-refractivity contribution in [2.45, 2.75) is 66.8 Å². The first-order valence-corrected chi connectivity index (χ1v) is 8.01. The molecule has 1 aliphatic carbocycles. The van der Waals surface area contributed by atoms with Crippen molar-refractivity contribution in [1.82, 2.24) is 5.32 Å². The molecular formula is C18H30N2. The highest BCUT2D eigenvalue weighted by atomic mass is 15.1. The fourth-order valence-corrected chi connectivity index (χ4v) is 3.54. The third-order valence-corrected chi connectivity index (χ3v) is 4.90. The Morgan fingerprint density at radius 2 is 1.90 bits per heavy atom. The van der Waals surface area contributed by atoms with Crippen molar-refractivity contribution in [3.63, 3.8) is 0 Å². The van der Waals surface area contributed by atoms with Crippen molar-refractivity contribution in [1.29, 1.82) is 0 Å². The van der Waals surface area contributed by atoms with Crippen LogP contribution in [0.2, 0.25) is 0 Å². The van der Waals surface area contributed by atoms with Crippen LogP contribution in [0.25, 0.3) is 0 Å². The summed E-state index contributed by atoms with van der Waals surface area (Å²) >= 11 is 0. The molecule has 0 aromatic heterocycles. The van der Waals surface area contributed by atoms with E-state index in [1.54, 1.807) is 0 Å². The van der Waals surface area contributed by atoms with Crippen LogP contribution in [0.5, 0.6) is 0 Å². The van der Waals surface area contributed by atoms with Crippen LogP contribution in [0, 0.1) is 17.3 Å². The minimum absolute atomic E-state index is 0.0616. The van der Waals surface area contributed by atoms with Crippen LogP contribution in [-0.2, 0) is 0 Å². The summed E-state index contributed by atoms with van der Waals surface area (Å²) in [5.74, 6) is 2.69. The van der Waals surface area contributed by atoms with Crippen molar-refractivity contribution in [2.75, 3.05) is 0 Å². The van der Waals surface area contributed by atoms with Gasteiger partial charge in [-0.1, -0.05) is 46.8 Å². The van der Waals surface area contributed by atoms with Crippen LogP contribution < -0.4 is 5.32 Å². The maximum atomic E-state index is 4.90. The van der Waals surface area contributed by atoms with E-state index in [9.17, 15) is 0 Å². The SMILES string of the molecule is C/C=C1\C(=C/C)N=C(C(C)(C)C)NC1(CC)C1CC1C. The van der Waals surface area contributed by atoms with Gasteiger partial charge in [-0.3, -0.25) is 0 Å². The molecule has 3 atom stereocenters. The molecule has 0 spiro atoms. The van der Waals surface area contributed by atoms with Gasteiger partial charge in [-0.15, -0.1) is 0 Å². The summed E-state index contributed by atoms with van der Waals surface area (Å²) in [6, 6.07) is 0. The Morgan fingerprint density at radius 3 is 2.25 bits per heavy atom. The van der Waals surface area contributed by atoms with Gasteiger partial charge in [0.05, 0.1) is 11.2 Å². The van der Waals surface area contributed by atoms with E-state index < -0.39 is 0 Å². The van der Waals surface area contributed by atoms with Crippen LogP contribution in [-0.4, -0.2) is 11.4 Å². The second-order valence-corrected chi connectivity index (χ2v) is 7.36. The fourth-order valence-electron chi connectivity index (χ4n) is 3.54. The van der Waals surface area contributed by atoms with Crippen molar-refractivity contribution in [3.05, 3.63) is 23.4 Å². The summed E-state index contributed by atoms with van der Waals surface area (Å²) in [7, 11) is 0. The number of hydrogen-bond acceptors (Lipinski definition) is 2. The number of aliphatic imine (C=N–C) groups is 1. The van der Waals surface area contributed by atoms with Crippen molar-refractivity contribution in [3.8, 4) is 0 Å². The molecule has 1 N–H and O–H groups in total. The van der Waals surface area contributed by atoms with Gasteiger partial charge in [-0.2, -0.15) is 0 Å². The zero-order valence-electron chi connectivity index (χ0n) is 14.2. The zero-order chi connectivity index (χ0) is 15.1. The molecule has 0 aromatic carbocycles. The van der Waals surface area contributed by atoms with Crippen LogP contribution >= 0.6 is 0 Å². The Kier molecular flexibility index (Phi) is 3.88. The van der Waals surface area contributed by atoms with Gasteiger partial charge in [0, 0.05) is 5.41 Å². The largest absolute Gasteiger partial charge is 0.363 e. The molecular weight excluding hydrogens is 244 g/mol. The molecule has 0 bridgehead atoms. The molecule has 0 saturated heterocycles. The molecule has 2 nitrogen and oxygen atoms in total. The lowest BCUT2D eigenvalue weighted by atomic mass is 9.76. The maximum Gasteiger partial charge on any atom is 0.108 e. The third-order valence-electron chi connectivity index (χ3n) is 4.90. The standard InChI is InChI=1S/C18H30N2/c1-8-13-15(9-2)19-16(17(5,6)7)20-18(13,10-3)14-11-12(14)4/h8-9,12,14H,10-11H2,1-7H3,(H,19,20)/b13-8+,15-9+. The highest BCUT2D eigenvalue weighted by Crippen LogP contribution is 2.53. The second kappa shape index (κ2) is 5.05. The van der Waals surface area contributed by atoms with Gasteiger partial charge in [0.25, 0.3) is 0 Å². The summed E-state index contributed by atoms with van der Waals surface area (Å²) in [4.78, 5) is 4.90. The van der Waals surface area contributed by atoms with E-state index in [0.717, 1.165) is 29.8 Å². The number of nitrogens with one attached hydrogen (secondary N) is 1. The Labute approximate surface area is 124 Å². The molecule has 1 heterocycles. The highest BCUT2D eigenvalue weighted by Gasteiger charge is 2.54. The lowest BCUT2D eigenvalue weighted by molar-refractivity contribution is 0.341. The van der Waals surface area contributed by atoms with Crippen LogP contribution in [0.15, 0.2) is 28.4 Å². The van der Waals surface area contributed by atoms with Gasteiger partial charge in [0.1, 0.15) is 5.84 Å². The quantitative estimate of drug-likeness (QED) is 0.776. The van der Waals surface area contributed by atoms with Crippen molar-refractivity contribution >= 4 is 5.84 Å². The minimum atomic E-state index is 0.0616. The lowest BCUT2D eigenvalue weighted by Gasteiger charge is -2.44. The first-order chi connectivity index (χ1) is 9.30. The summed E-state index contributed by atoms with van der Waals surface area (Å²) in [6.07, 6.45) is 6.87. The zero-order valence-corrected chi connectivity index (χ0v) is 14.2. The molecule has 0 amide bonds. The molecule has 1 saturated carbocycles. The molecule has 1 aliphatic heterocycles. The number of rotatable bonds is 2. The van der Waals surface area contributed by atoms with E-state index in [1.165, 1.54) is 12.0 Å². The van der Waals surface area contributed by atoms with Crippen molar-refractivity contribution < 1.29 is 0 Å². The normalized spacial score (nSPS) is 37.9. The number of hydrogen-bond donors (Lipinski definition) is 1. The van der Waals surface area contributed by atoms with E-state index in [2.05, 4.69) is 65.9 Å². The Bertz CT molecular complexity index is 476. The van der Waals surface area contributed by atoms with Crippen LogP contribution in [0.3, 0.4) is 0 Å². The molecule has 2 heteroatoms.